The molecule has 0 aromatic carbocycles. The molecule has 0 aliphatic carbocycles. The summed E-state index contributed by atoms with van der Waals surface area (Å²) >= 11 is 0. The second kappa shape index (κ2) is 6.53. The maximum absolute atomic E-state index is 10.6. The third kappa shape index (κ3) is 4.40. The molecule has 13 heavy (non-hydrogen) atoms. The quantitative estimate of drug-likeness (QED) is 0.554. The smallest absolute Gasteiger partial charge is 1.00 e. The van der Waals surface area contributed by atoms with Gasteiger partial charge in [0, 0.05) is 6.04 Å². The van der Waals surface area contributed by atoms with E-state index in [1.54, 1.807) is 0 Å². The van der Waals surface area contributed by atoms with Crippen LogP contribution in [0.15, 0.2) is 0 Å². The molecule has 0 aromatic rings. The van der Waals surface area contributed by atoms with Gasteiger partial charge < -0.3 is 11.4 Å². The van der Waals surface area contributed by atoms with E-state index < -0.39 is 5.97 Å². The van der Waals surface area contributed by atoms with E-state index in [0.717, 1.165) is 25.9 Å². The predicted octanol–water partition coefficient (Wildman–Crippen LogP) is -1.69. The summed E-state index contributed by atoms with van der Waals surface area (Å²) in [5.74, 6) is -0.724. The zero-order chi connectivity index (χ0) is 9.14. The molecule has 0 unspecified atom stereocenters. The third-order valence-corrected chi connectivity index (χ3v) is 2.61. The first-order chi connectivity index (χ1) is 5.61. The molecular formula is C9H18KNO2. The largest absolute Gasteiger partial charge is 1.00 e. The number of rotatable bonds is 2. The molecule has 0 radical (unpaired) electrons. The Hall–Kier alpha value is 1.07. The monoisotopic (exact) mass is 211 g/mol. The van der Waals surface area contributed by atoms with Crippen LogP contribution in [0.5, 0.6) is 0 Å². The van der Waals surface area contributed by atoms with Crippen LogP contribution < -0.4 is 51.4 Å². The van der Waals surface area contributed by atoms with E-state index in [-0.39, 0.29) is 58.7 Å². The summed E-state index contributed by atoms with van der Waals surface area (Å²) < 4.78 is 0. The van der Waals surface area contributed by atoms with Crippen LogP contribution in [0.4, 0.5) is 0 Å². The Balaban J connectivity index is 0. The molecule has 0 atom stereocenters. The van der Waals surface area contributed by atoms with Crippen molar-refractivity contribution in [1.29, 1.82) is 0 Å². The minimum Gasteiger partial charge on any atom is -1.00 e. The van der Waals surface area contributed by atoms with Gasteiger partial charge in [0.1, 0.15) is 0 Å². The van der Waals surface area contributed by atoms with Crippen molar-refractivity contribution in [3.8, 4) is 0 Å². The molecule has 3 nitrogen and oxygen atoms in total. The number of aliphatic carboxylic acids is 1. The normalized spacial score (nSPS) is 19.9. The van der Waals surface area contributed by atoms with Crippen molar-refractivity contribution in [1.82, 2.24) is 4.90 Å². The van der Waals surface area contributed by atoms with Gasteiger partial charge in [-0.15, -0.1) is 0 Å². The Kier molecular flexibility index (Phi) is 7.07. The molecule has 72 valence electrons. The van der Waals surface area contributed by atoms with Crippen molar-refractivity contribution in [3.63, 3.8) is 0 Å². The minimum atomic E-state index is -0.626. The SMILES string of the molecule is CC(C)N1CCC(C(=O)O)CC1.[H-].[K+]. The molecule has 1 saturated heterocycles. The van der Waals surface area contributed by atoms with E-state index in [1.807, 2.05) is 0 Å². The van der Waals surface area contributed by atoms with E-state index in [9.17, 15) is 4.79 Å². The first-order valence-electron chi connectivity index (χ1n) is 4.58. The summed E-state index contributed by atoms with van der Waals surface area (Å²) in [4.78, 5) is 12.9. The summed E-state index contributed by atoms with van der Waals surface area (Å²) in [6, 6.07) is 0.555. The maximum Gasteiger partial charge on any atom is 1.00 e. The van der Waals surface area contributed by atoms with Gasteiger partial charge in [-0.2, -0.15) is 0 Å². The van der Waals surface area contributed by atoms with Gasteiger partial charge in [0.25, 0.3) is 0 Å². The van der Waals surface area contributed by atoms with Crippen LogP contribution in [0.25, 0.3) is 0 Å². The molecule has 0 saturated carbocycles. The van der Waals surface area contributed by atoms with Crippen LogP contribution >= 0.6 is 0 Å². The molecule has 1 heterocycles. The van der Waals surface area contributed by atoms with Crippen LogP contribution in [-0.4, -0.2) is 35.1 Å². The van der Waals surface area contributed by atoms with E-state index in [4.69, 9.17) is 5.11 Å². The summed E-state index contributed by atoms with van der Waals surface area (Å²) in [6.07, 6.45) is 1.63. The van der Waals surface area contributed by atoms with Gasteiger partial charge in [0.2, 0.25) is 0 Å². The number of hydrogen-bond donors (Lipinski definition) is 1. The van der Waals surface area contributed by atoms with Crippen LogP contribution in [-0.2, 0) is 4.79 Å². The van der Waals surface area contributed by atoms with Crippen LogP contribution in [0.1, 0.15) is 28.1 Å². The number of carboxylic acids is 1. The van der Waals surface area contributed by atoms with Crippen molar-refractivity contribution in [2.75, 3.05) is 13.1 Å². The molecule has 0 aromatic heterocycles. The average molecular weight is 211 g/mol. The number of piperidine rings is 1. The summed E-state index contributed by atoms with van der Waals surface area (Å²) in [6.45, 7) is 6.19. The number of carbonyl (C=O) groups is 1. The number of hydrogen-bond acceptors (Lipinski definition) is 2. The molecule has 1 aliphatic heterocycles. The molecule has 0 bridgehead atoms. The molecule has 1 rings (SSSR count). The minimum absolute atomic E-state index is 0. The van der Waals surface area contributed by atoms with Crippen LogP contribution in [0.3, 0.4) is 0 Å². The van der Waals surface area contributed by atoms with Crippen molar-refractivity contribution < 1.29 is 62.7 Å². The zero-order valence-electron chi connectivity index (χ0n) is 9.79. The zero-order valence-corrected chi connectivity index (χ0v) is 11.9. The average Bonchev–Trinajstić information content (AvgIpc) is 2.04. The van der Waals surface area contributed by atoms with E-state index in [0.29, 0.717) is 6.04 Å². The van der Waals surface area contributed by atoms with E-state index in [1.165, 1.54) is 0 Å². The number of likely N-dealkylation sites (tertiary alicyclic amines) is 1. The third-order valence-electron chi connectivity index (χ3n) is 2.61. The van der Waals surface area contributed by atoms with Gasteiger partial charge in [-0.25, -0.2) is 0 Å². The second-order valence-corrected chi connectivity index (χ2v) is 3.74. The van der Waals surface area contributed by atoms with Gasteiger partial charge in [0.05, 0.1) is 5.92 Å². The number of nitrogens with zero attached hydrogens (tertiary/aromatic N) is 1. The topological polar surface area (TPSA) is 40.5 Å². The molecule has 0 amide bonds. The van der Waals surface area contributed by atoms with Gasteiger partial charge in [-0.1, -0.05) is 0 Å². The molecule has 4 heteroatoms. The van der Waals surface area contributed by atoms with Crippen molar-refractivity contribution >= 4 is 5.97 Å². The Bertz CT molecular complexity index is 170. The molecule has 1 fully saturated rings. The molecule has 1 aliphatic rings. The summed E-state index contributed by atoms with van der Waals surface area (Å²) in [5, 5.41) is 8.74. The van der Waals surface area contributed by atoms with Crippen LogP contribution in [0.2, 0.25) is 0 Å². The number of carboxylic acid groups (broad SMARTS) is 1. The second-order valence-electron chi connectivity index (χ2n) is 3.74. The fourth-order valence-corrected chi connectivity index (χ4v) is 1.66. The Morgan fingerprint density at radius 3 is 2.23 bits per heavy atom. The summed E-state index contributed by atoms with van der Waals surface area (Å²) in [7, 11) is 0. The fourth-order valence-electron chi connectivity index (χ4n) is 1.66. The molecule has 0 spiro atoms. The van der Waals surface area contributed by atoms with Gasteiger partial charge >= 0.3 is 57.4 Å². The molecule has 1 N–H and O–H groups in total. The Morgan fingerprint density at radius 2 is 1.92 bits per heavy atom. The first kappa shape index (κ1) is 14.1. The van der Waals surface area contributed by atoms with Crippen molar-refractivity contribution in [3.05, 3.63) is 0 Å². The molecular weight excluding hydrogens is 193 g/mol. The van der Waals surface area contributed by atoms with E-state index in [2.05, 4.69) is 18.7 Å². The fraction of sp³-hybridized carbons (Fsp3) is 0.889. The Morgan fingerprint density at radius 1 is 1.46 bits per heavy atom. The maximum atomic E-state index is 10.6. The predicted molar refractivity (Wildman–Crippen MR) is 48.2 cm³/mol. The van der Waals surface area contributed by atoms with E-state index >= 15 is 0 Å². The van der Waals surface area contributed by atoms with Gasteiger partial charge in [-0.05, 0) is 39.8 Å². The van der Waals surface area contributed by atoms with Crippen molar-refractivity contribution in [2.24, 2.45) is 5.92 Å². The Labute approximate surface area is 124 Å². The first-order valence-corrected chi connectivity index (χ1v) is 4.58. The standard InChI is InChI=1S/C9H17NO2.K.H/c1-7(2)10-5-3-8(4-6-10)9(11)12;;/h7-8H,3-6H2,1-2H3,(H,11,12);;/q;+1;-1. The van der Waals surface area contributed by atoms with Crippen molar-refractivity contribution in [2.45, 2.75) is 32.7 Å². The van der Waals surface area contributed by atoms with Crippen LogP contribution in [0, 0.1) is 5.92 Å². The van der Waals surface area contributed by atoms with Gasteiger partial charge in [0.15, 0.2) is 0 Å². The van der Waals surface area contributed by atoms with Gasteiger partial charge in [-0.3, -0.25) is 4.79 Å². The summed E-state index contributed by atoms with van der Waals surface area (Å²) in [5.41, 5.74) is 0.